The van der Waals surface area contributed by atoms with Crippen molar-refractivity contribution in [3.8, 4) is 0 Å². The number of aryl methyl sites for hydroxylation is 1. The molecule has 0 amide bonds. The van der Waals surface area contributed by atoms with Crippen molar-refractivity contribution < 1.29 is 13.2 Å². The quantitative estimate of drug-likeness (QED) is 0.459. The van der Waals surface area contributed by atoms with Gasteiger partial charge >= 0.3 is 0 Å². The summed E-state index contributed by atoms with van der Waals surface area (Å²) in [7, 11) is -1.23. The zero-order valence-electron chi connectivity index (χ0n) is 18.2. The van der Waals surface area contributed by atoms with E-state index >= 15 is 0 Å². The van der Waals surface area contributed by atoms with E-state index in [9.17, 15) is 8.42 Å². The van der Waals surface area contributed by atoms with Gasteiger partial charge in [0.15, 0.2) is 15.5 Å². The standard InChI is InChI=1S/C21H26ClN7O3S/c1-29-19-16(11-25-29)18(24-10-13-8-14(23)2-3-17(13)22)27-20(28-19)26-15-4-6-32-21(9-15)5-7-33(30,31)12-21/h2-3,8,11,15H,4-7,9-10,12,23H2,1H3,(H2,24,26,27,28). The van der Waals surface area contributed by atoms with Gasteiger partial charge in [0.25, 0.3) is 0 Å². The molecule has 0 saturated carbocycles. The fourth-order valence-corrected chi connectivity index (χ4v) is 6.78. The molecule has 2 aliphatic rings. The van der Waals surface area contributed by atoms with E-state index in [0.29, 0.717) is 54.1 Å². The molecule has 4 N–H and O–H groups in total. The second kappa shape index (κ2) is 8.30. The largest absolute Gasteiger partial charge is 0.399 e. The van der Waals surface area contributed by atoms with Crippen molar-refractivity contribution in [3.63, 3.8) is 0 Å². The first kappa shape index (κ1) is 22.2. The molecule has 2 aliphatic heterocycles. The zero-order chi connectivity index (χ0) is 23.2. The summed E-state index contributed by atoms with van der Waals surface area (Å²) in [5.74, 6) is 1.33. The van der Waals surface area contributed by atoms with Gasteiger partial charge in [-0.3, -0.25) is 4.68 Å². The summed E-state index contributed by atoms with van der Waals surface area (Å²) in [5.41, 5.74) is 7.46. The van der Waals surface area contributed by atoms with Crippen LogP contribution < -0.4 is 16.4 Å². The first-order chi connectivity index (χ1) is 15.7. The second-order valence-corrected chi connectivity index (χ2v) is 11.4. The van der Waals surface area contributed by atoms with E-state index < -0.39 is 15.4 Å². The molecule has 10 nitrogen and oxygen atoms in total. The van der Waals surface area contributed by atoms with Crippen LogP contribution >= 0.6 is 11.6 Å². The number of rotatable bonds is 5. The van der Waals surface area contributed by atoms with E-state index in [1.54, 1.807) is 23.0 Å². The zero-order valence-corrected chi connectivity index (χ0v) is 19.8. The van der Waals surface area contributed by atoms with Gasteiger partial charge < -0.3 is 21.1 Å². The van der Waals surface area contributed by atoms with Crippen LogP contribution in [0.1, 0.15) is 24.8 Å². The number of halogens is 1. The van der Waals surface area contributed by atoms with Crippen LogP contribution in [0, 0.1) is 0 Å². The van der Waals surface area contributed by atoms with E-state index in [4.69, 9.17) is 27.1 Å². The van der Waals surface area contributed by atoms with E-state index in [0.717, 1.165) is 17.4 Å². The number of aromatic nitrogens is 4. The monoisotopic (exact) mass is 491 g/mol. The van der Waals surface area contributed by atoms with Crippen molar-refractivity contribution in [2.24, 2.45) is 7.05 Å². The third-order valence-electron chi connectivity index (χ3n) is 6.29. The lowest BCUT2D eigenvalue weighted by Gasteiger charge is -2.37. The normalized spacial score (nSPS) is 24.4. The van der Waals surface area contributed by atoms with Crippen LogP contribution in [0.5, 0.6) is 0 Å². The highest BCUT2D eigenvalue weighted by Gasteiger charge is 2.46. The van der Waals surface area contributed by atoms with Crippen LogP contribution in [-0.2, 0) is 28.2 Å². The summed E-state index contributed by atoms with van der Waals surface area (Å²) in [4.78, 5) is 9.35. The number of hydrogen-bond donors (Lipinski definition) is 3. The van der Waals surface area contributed by atoms with Crippen LogP contribution in [0.15, 0.2) is 24.4 Å². The van der Waals surface area contributed by atoms with Crippen molar-refractivity contribution in [3.05, 3.63) is 35.0 Å². The van der Waals surface area contributed by atoms with Crippen molar-refractivity contribution >= 4 is 49.9 Å². The molecule has 0 aliphatic carbocycles. The number of ether oxygens (including phenoxy) is 1. The highest BCUT2D eigenvalue weighted by molar-refractivity contribution is 7.91. The highest BCUT2D eigenvalue weighted by Crippen LogP contribution is 2.36. The maximum Gasteiger partial charge on any atom is 0.226 e. The number of sulfone groups is 1. The molecule has 1 aromatic carbocycles. The van der Waals surface area contributed by atoms with Gasteiger partial charge in [-0.2, -0.15) is 15.1 Å². The molecule has 2 aromatic heterocycles. The van der Waals surface area contributed by atoms with E-state index in [-0.39, 0.29) is 17.5 Å². The Labute approximate surface area is 196 Å². The second-order valence-electron chi connectivity index (χ2n) is 8.81. The molecule has 0 radical (unpaired) electrons. The molecule has 1 spiro atoms. The first-order valence-electron chi connectivity index (χ1n) is 10.8. The summed E-state index contributed by atoms with van der Waals surface area (Å²) < 4.78 is 31.7. The average molecular weight is 492 g/mol. The molecule has 4 heterocycles. The Morgan fingerprint density at radius 2 is 2.21 bits per heavy atom. The first-order valence-corrected chi connectivity index (χ1v) is 13.0. The Balaban J connectivity index is 1.38. The molecule has 2 unspecified atom stereocenters. The van der Waals surface area contributed by atoms with Crippen LogP contribution in [0.2, 0.25) is 5.02 Å². The Morgan fingerprint density at radius 3 is 3.00 bits per heavy atom. The molecular formula is C21H26ClN7O3S. The molecule has 176 valence electrons. The topological polar surface area (TPSA) is 137 Å². The average Bonchev–Trinajstić information content (AvgIpc) is 3.27. The highest BCUT2D eigenvalue weighted by atomic mass is 35.5. The summed E-state index contributed by atoms with van der Waals surface area (Å²) in [6.07, 6.45) is 3.59. The minimum Gasteiger partial charge on any atom is -0.399 e. The van der Waals surface area contributed by atoms with Gasteiger partial charge in [0.2, 0.25) is 5.95 Å². The maximum atomic E-state index is 12.0. The third kappa shape index (κ3) is 4.57. The number of fused-ring (bicyclic) bond motifs is 1. The third-order valence-corrected chi connectivity index (χ3v) is 8.45. The fraction of sp³-hybridized carbons (Fsp3) is 0.476. The van der Waals surface area contributed by atoms with E-state index in [1.165, 1.54) is 0 Å². The van der Waals surface area contributed by atoms with E-state index in [1.807, 2.05) is 13.1 Å². The molecule has 5 rings (SSSR count). The summed E-state index contributed by atoms with van der Waals surface area (Å²) in [5, 5.41) is 12.5. The molecule has 12 heteroatoms. The minimum absolute atomic E-state index is 0.00828. The van der Waals surface area contributed by atoms with Crippen LogP contribution in [-0.4, -0.2) is 57.9 Å². The number of nitrogens with one attached hydrogen (secondary N) is 2. The molecule has 33 heavy (non-hydrogen) atoms. The van der Waals surface area contributed by atoms with Gasteiger partial charge in [-0.25, -0.2) is 8.42 Å². The van der Waals surface area contributed by atoms with Crippen molar-refractivity contribution in [2.45, 2.75) is 37.5 Å². The predicted molar refractivity (Wildman–Crippen MR) is 128 cm³/mol. The molecule has 2 saturated heterocycles. The number of nitrogens with zero attached hydrogens (tertiary/aromatic N) is 4. The number of anilines is 3. The van der Waals surface area contributed by atoms with Gasteiger partial charge in [0.05, 0.1) is 28.7 Å². The number of benzene rings is 1. The van der Waals surface area contributed by atoms with Crippen LogP contribution in [0.4, 0.5) is 17.5 Å². The van der Waals surface area contributed by atoms with Gasteiger partial charge in [-0.05, 0) is 43.0 Å². The fourth-order valence-electron chi connectivity index (χ4n) is 4.63. The lowest BCUT2D eigenvalue weighted by molar-refractivity contribution is -0.0631. The van der Waals surface area contributed by atoms with Gasteiger partial charge in [0.1, 0.15) is 5.82 Å². The van der Waals surface area contributed by atoms with Crippen LogP contribution in [0.25, 0.3) is 11.0 Å². The number of nitrogens with two attached hydrogens (primary N) is 1. The van der Waals surface area contributed by atoms with Gasteiger partial charge in [-0.1, -0.05) is 11.6 Å². The van der Waals surface area contributed by atoms with Gasteiger partial charge in [0, 0.05) is 37.0 Å². The Morgan fingerprint density at radius 1 is 1.36 bits per heavy atom. The SMILES string of the molecule is Cn1ncc2c(NCc3cc(N)ccc3Cl)nc(NC3CCOC4(CCS(=O)(=O)C4)C3)nc21. The van der Waals surface area contributed by atoms with Crippen molar-refractivity contribution in [1.29, 1.82) is 0 Å². The predicted octanol–water partition coefficient (Wildman–Crippen LogP) is 2.36. The Kier molecular flexibility index (Phi) is 5.58. The van der Waals surface area contributed by atoms with E-state index in [2.05, 4.69) is 20.7 Å². The molecule has 3 aromatic rings. The Hall–Kier alpha value is -2.63. The van der Waals surface area contributed by atoms with Gasteiger partial charge in [-0.15, -0.1) is 0 Å². The molecular weight excluding hydrogens is 466 g/mol. The summed E-state index contributed by atoms with van der Waals surface area (Å²) >= 11 is 6.31. The smallest absolute Gasteiger partial charge is 0.226 e. The number of nitrogen functional groups attached to an aromatic ring is 1. The van der Waals surface area contributed by atoms with Crippen molar-refractivity contribution in [2.75, 3.05) is 34.5 Å². The lowest BCUT2D eigenvalue weighted by Crippen LogP contribution is -2.45. The molecule has 2 fully saturated rings. The van der Waals surface area contributed by atoms with Crippen molar-refractivity contribution in [1.82, 2.24) is 19.7 Å². The molecule has 0 bridgehead atoms. The lowest BCUT2D eigenvalue weighted by atomic mass is 9.90. The maximum absolute atomic E-state index is 12.0. The number of hydrogen-bond acceptors (Lipinski definition) is 9. The molecule has 2 atom stereocenters. The Bertz CT molecular complexity index is 1310. The van der Waals surface area contributed by atoms with Crippen LogP contribution in [0.3, 0.4) is 0 Å². The minimum atomic E-state index is -3.05. The summed E-state index contributed by atoms with van der Waals surface area (Å²) in [6.45, 7) is 0.933. The summed E-state index contributed by atoms with van der Waals surface area (Å²) in [6, 6.07) is 5.36.